The van der Waals surface area contributed by atoms with Crippen molar-refractivity contribution in [2.75, 3.05) is 19.3 Å². The average Bonchev–Trinajstić information content (AvgIpc) is 2.27. The predicted molar refractivity (Wildman–Crippen MR) is 74.6 cm³/mol. The molecule has 0 bridgehead atoms. The number of pyridine rings is 1. The molecule has 0 fully saturated rings. The van der Waals surface area contributed by atoms with Crippen LogP contribution in [-0.2, 0) is 20.0 Å². The van der Waals surface area contributed by atoms with Gasteiger partial charge in [0.15, 0.2) is 0 Å². The number of nitrogens with zero attached hydrogens (tertiary/aromatic N) is 1. The molecule has 0 atom stereocenters. The summed E-state index contributed by atoms with van der Waals surface area (Å²) in [6.45, 7) is 0.315. The molecule has 0 saturated heterocycles. The van der Waals surface area contributed by atoms with E-state index in [2.05, 4.69) is 30.4 Å². The van der Waals surface area contributed by atoms with Crippen molar-refractivity contribution in [3.05, 3.63) is 22.9 Å². The van der Waals surface area contributed by atoms with Gasteiger partial charge in [-0.15, -0.1) is 0 Å². The number of aromatic nitrogens is 1. The molecule has 1 aromatic heterocycles. The van der Waals surface area contributed by atoms with Crippen molar-refractivity contribution in [3.8, 4) is 0 Å². The smallest absolute Gasteiger partial charge is 0.242 e. The Morgan fingerprint density at radius 1 is 1.16 bits per heavy atom. The Balaban J connectivity index is 2.48. The molecule has 0 aromatic carbocycles. The quantitative estimate of drug-likeness (QED) is 0.659. The standard InChI is InChI=1S/C9H14BrN3O4S2/c1-18(14,15)12-3-2-4-13-19(16,17)9-5-8(10)6-11-7-9/h5-7,12-13H,2-4H2,1H3. The molecule has 0 radical (unpaired) electrons. The highest BCUT2D eigenvalue weighted by atomic mass is 79.9. The first-order valence-corrected chi connectivity index (χ1v) is 9.42. The molecule has 108 valence electrons. The summed E-state index contributed by atoms with van der Waals surface area (Å²) >= 11 is 3.14. The van der Waals surface area contributed by atoms with Gasteiger partial charge in [-0.1, -0.05) is 0 Å². The van der Waals surface area contributed by atoms with Crippen molar-refractivity contribution in [2.24, 2.45) is 0 Å². The van der Waals surface area contributed by atoms with E-state index in [0.29, 0.717) is 10.9 Å². The molecule has 10 heteroatoms. The van der Waals surface area contributed by atoms with E-state index in [1.807, 2.05) is 0 Å². The Kier molecular flexibility index (Phi) is 5.86. The lowest BCUT2D eigenvalue weighted by Crippen LogP contribution is -2.29. The van der Waals surface area contributed by atoms with Gasteiger partial charge >= 0.3 is 0 Å². The summed E-state index contributed by atoms with van der Waals surface area (Å²) in [4.78, 5) is 3.82. The van der Waals surface area contributed by atoms with Gasteiger partial charge in [-0.05, 0) is 28.4 Å². The Labute approximate surface area is 121 Å². The summed E-state index contributed by atoms with van der Waals surface area (Å²) in [5.41, 5.74) is 0. The van der Waals surface area contributed by atoms with Gasteiger partial charge in [-0.3, -0.25) is 4.98 Å². The SMILES string of the molecule is CS(=O)(=O)NCCCNS(=O)(=O)c1cncc(Br)c1. The van der Waals surface area contributed by atoms with Gasteiger partial charge in [-0.25, -0.2) is 26.3 Å². The van der Waals surface area contributed by atoms with Crippen molar-refractivity contribution in [2.45, 2.75) is 11.3 Å². The van der Waals surface area contributed by atoms with E-state index in [1.165, 1.54) is 18.5 Å². The molecule has 0 aliphatic carbocycles. The normalized spacial score (nSPS) is 12.5. The number of sulfonamides is 2. The zero-order valence-electron chi connectivity index (χ0n) is 10.1. The number of halogens is 1. The zero-order valence-corrected chi connectivity index (χ0v) is 13.3. The van der Waals surface area contributed by atoms with Crippen LogP contribution in [0.4, 0.5) is 0 Å². The van der Waals surface area contributed by atoms with Crippen LogP contribution in [0.3, 0.4) is 0 Å². The molecule has 1 rings (SSSR count). The summed E-state index contributed by atoms with van der Waals surface area (Å²) in [6, 6.07) is 1.43. The van der Waals surface area contributed by atoms with Crippen molar-refractivity contribution < 1.29 is 16.8 Å². The lowest BCUT2D eigenvalue weighted by Gasteiger charge is -2.06. The first kappa shape index (κ1) is 16.5. The second-order valence-corrected chi connectivity index (χ2v) is 8.27. The number of hydrogen-bond donors (Lipinski definition) is 2. The van der Waals surface area contributed by atoms with E-state index in [9.17, 15) is 16.8 Å². The van der Waals surface area contributed by atoms with Crippen LogP contribution in [0.2, 0.25) is 0 Å². The molecular weight excluding hydrogens is 358 g/mol. The van der Waals surface area contributed by atoms with Gasteiger partial charge in [0.1, 0.15) is 4.90 Å². The van der Waals surface area contributed by atoms with Crippen LogP contribution in [0.15, 0.2) is 27.8 Å². The van der Waals surface area contributed by atoms with Crippen LogP contribution in [0, 0.1) is 0 Å². The van der Waals surface area contributed by atoms with Gasteiger partial charge in [-0.2, -0.15) is 0 Å². The van der Waals surface area contributed by atoms with Crippen LogP contribution in [0.25, 0.3) is 0 Å². The number of rotatable bonds is 7. The predicted octanol–water partition coefficient (Wildman–Crippen LogP) is 0.0617. The Hall–Kier alpha value is -0.550. The largest absolute Gasteiger partial charge is 0.262 e. The second kappa shape index (κ2) is 6.75. The fraction of sp³-hybridized carbons (Fsp3) is 0.444. The topological polar surface area (TPSA) is 105 Å². The maximum atomic E-state index is 11.8. The van der Waals surface area contributed by atoms with Crippen LogP contribution in [0.1, 0.15) is 6.42 Å². The van der Waals surface area contributed by atoms with Gasteiger partial charge < -0.3 is 0 Å². The molecule has 19 heavy (non-hydrogen) atoms. The summed E-state index contributed by atoms with van der Waals surface area (Å²) in [7, 11) is -6.86. The van der Waals surface area contributed by atoms with Gasteiger partial charge in [0.25, 0.3) is 0 Å². The molecule has 0 saturated carbocycles. The molecule has 2 N–H and O–H groups in total. The first-order chi connectivity index (χ1) is 8.71. The third kappa shape index (κ3) is 6.43. The van der Waals surface area contributed by atoms with Crippen molar-refractivity contribution >= 4 is 36.0 Å². The van der Waals surface area contributed by atoms with E-state index in [0.717, 1.165) is 6.26 Å². The number of hydrogen-bond acceptors (Lipinski definition) is 5. The molecule has 0 aliphatic heterocycles. The van der Waals surface area contributed by atoms with E-state index < -0.39 is 20.0 Å². The van der Waals surface area contributed by atoms with Crippen LogP contribution >= 0.6 is 15.9 Å². The molecule has 0 unspecified atom stereocenters. The highest BCUT2D eigenvalue weighted by Crippen LogP contribution is 2.13. The Morgan fingerprint density at radius 2 is 1.79 bits per heavy atom. The maximum absolute atomic E-state index is 11.8. The highest BCUT2D eigenvalue weighted by molar-refractivity contribution is 9.10. The van der Waals surface area contributed by atoms with Gasteiger partial charge in [0.05, 0.1) is 6.26 Å². The fourth-order valence-corrected chi connectivity index (χ4v) is 3.27. The lowest BCUT2D eigenvalue weighted by atomic mass is 10.4. The molecule has 0 aliphatic rings. The maximum Gasteiger partial charge on any atom is 0.242 e. The highest BCUT2D eigenvalue weighted by Gasteiger charge is 2.13. The first-order valence-electron chi connectivity index (χ1n) is 5.25. The third-order valence-electron chi connectivity index (χ3n) is 2.00. The van der Waals surface area contributed by atoms with E-state index in [4.69, 9.17) is 0 Å². The summed E-state index contributed by atoms with van der Waals surface area (Å²) in [5, 5.41) is 0. The van der Waals surface area contributed by atoms with E-state index in [-0.39, 0.29) is 18.0 Å². The summed E-state index contributed by atoms with van der Waals surface area (Å²) < 4.78 is 50.4. The lowest BCUT2D eigenvalue weighted by molar-refractivity contribution is 0.574. The molecule has 1 aromatic rings. The van der Waals surface area contributed by atoms with Crippen molar-refractivity contribution in [1.29, 1.82) is 0 Å². The third-order valence-corrected chi connectivity index (χ3v) is 4.59. The Morgan fingerprint density at radius 3 is 2.37 bits per heavy atom. The average molecular weight is 372 g/mol. The van der Waals surface area contributed by atoms with Crippen molar-refractivity contribution in [3.63, 3.8) is 0 Å². The summed E-state index contributed by atoms with van der Waals surface area (Å²) in [5.74, 6) is 0. The monoisotopic (exact) mass is 371 g/mol. The van der Waals surface area contributed by atoms with E-state index in [1.54, 1.807) is 0 Å². The van der Waals surface area contributed by atoms with Crippen LogP contribution < -0.4 is 9.44 Å². The Bertz CT molecular complexity index is 631. The van der Waals surface area contributed by atoms with Crippen molar-refractivity contribution in [1.82, 2.24) is 14.4 Å². The van der Waals surface area contributed by atoms with Gasteiger partial charge in [0, 0.05) is 30.0 Å². The molecule has 0 amide bonds. The minimum atomic E-state index is -3.62. The number of nitrogens with one attached hydrogen (secondary N) is 2. The van der Waals surface area contributed by atoms with Crippen LogP contribution in [-0.4, -0.2) is 41.2 Å². The molecule has 7 nitrogen and oxygen atoms in total. The fourth-order valence-electron chi connectivity index (χ4n) is 1.18. The molecule has 1 heterocycles. The van der Waals surface area contributed by atoms with Gasteiger partial charge in [0.2, 0.25) is 20.0 Å². The minimum absolute atomic E-state index is 0.0537. The van der Waals surface area contributed by atoms with E-state index >= 15 is 0 Å². The van der Waals surface area contributed by atoms with Crippen LogP contribution in [0.5, 0.6) is 0 Å². The summed E-state index contributed by atoms with van der Waals surface area (Å²) in [6.07, 6.45) is 4.12. The molecular formula is C9H14BrN3O4S2. The zero-order chi connectivity index (χ0) is 14.5. The second-order valence-electron chi connectivity index (χ2n) is 3.76. The molecule has 0 spiro atoms. The minimum Gasteiger partial charge on any atom is -0.262 e.